The van der Waals surface area contributed by atoms with Crippen LogP contribution in [-0.2, 0) is 0 Å². The summed E-state index contributed by atoms with van der Waals surface area (Å²) < 4.78 is 0. The Balaban J connectivity index is 2.71. The second-order valence-electron chi connectivity index (χ2n) is 2.68. The molecule has 2 N–H and O–H groups in total. The Bertz CT molecular complexity index is 484. The Morgan fingerprint density at radius 2 is 2.25 bits per heavy atom. The van der Waals surface area contributed by atoms with Crippen LogP contribution in [0.5, 0.6) is 0 Å². The van der Waals surface area contributed by atoms with E-state index in [0.29, 0.717) is 0 Å². The summed E-state index contributed by atoms with van der Waals surface area (Å²) in [6.07, 6.45) is 5.45. The van der Waals surface area contributed by atoms with Crippen molar-refractivity contribution in [2.75, 3.05) is 0 Å². The number of hydrogen-bond donors (Lipinski definition) is 2. The molecular formula is C8H6N4. The zero-order chi connectivity index (χ0) is 7.97. The van der Waals surface area contributed by atoms with Gasteiger partial charge in [0.1, 0.15) is 0 Å². The van der Waals surface area contributed by atoms with E-state index in [1.165, 1.54) is 0 Å². The van der Waals surface area contributed by atoms with E-state index in [1.807, 2.05) is 12.3 Å². The maximum atomic E-state index is 4.19. The lowest BCUT2D eigenvalue weighted by Gasteiger charge is -1.88. The zero-order valence-electron chi connectivity index (χ0n) is 6.20. The molecule has 0 radical (unpaired) electrons. The van der Waals surface area contributed by atoms with Crippen LogP contribution in [0.15, 0.2) is 24.7 Å². The van der Waals surface area contributed by atoms with E-state index in [4.69, 9.17) is 0 Å². The number of fused-ring (bicyclic) bond motifs is 3. The smallest absolute Gasteiger partial charge is 0.161 e. The van der Waals surface area contributed by atoms with Gasteiger partial charge in [-0.2, -0.15) is 0 Å². The van der Waals surface area contributed by atoms with Gasteiger partial charge in [-0.3, -0.25) is 5.10 Å². The molecule has 0 aliphatic carbocycles. The number of nitrogens with zero attached hydrogens (tertiary/aromatic N) is 2. The molecule has 0 fully saturated rings. The van der Waals surface area contributed by atoms with Crippen molar-refractivity contribution in [3.63, 3.8) is 0 Å². The first-order chi connectivity index (χ1) is 5.95. The van der Waals surface area contributed by atoms with Crippen LogP contribution in [0, 0.1) is 0 Å². The molecule has 0 saturated heterocycles. The maximum absolute atomic E-state index is 4.19. The van der Waals surface area contributed by atoms with E-state index >= 15 is 0 Å². The van der Waals surface area contributed by atoms with Crippen LogP contribution in [0.2, 0.25) is 0 Å². The predicted octanol–water partition coefficient (Wildman–Crippen LogP) is 1.44. The van der Waals surface area contributed by atoms with Gasteiger partial charge in [-0.25, -0.2) is 9.97 Å². The Morgan fingerprint density at radius 3 is 3.25 bits per heavy atom. The minimum Gasteiger partial charge on any atom is -0.307 e. The third-order valence-corrected chi connectivity index (χ3v) is 1.99. The third kappa shape index (κ3) is 0.567. The van der Waals surface area contributed by atoms with Crippen molar-refractivity contribution in [2.24, 2.45) is 0 Å². The molecule has 0 aromatic carbocycles. The van der Waals surface area contributed by atoms with Gasteiger partial charge in [0.25, 0.3) is 0 Å². The minimum atomic E-state index is 0.790. The lowest BCUT2D eigenvalue weighted by molar-refractivity contribution is 1.12. The van der Waals surface area contributed by atoms with Gasteiger partial charge >= 0.3 is 0 Å². The number of hydrogen-bond acceptors (Lipinski definition) is 2. The second kappa shape index (κ2) is 1.85. The van der Waals surface area contributed by atoms with Gasteiger partial charge in [0, 0.05) is 29.4 Å². The first kappa shape index (κ1) is 5.77. The number of nitrogens with one attached hydrogen (secondary N) is 2. The molecule has 0 spiro atoms. The molecule has 0 saturated carbocycles. The van der Waals surface area contributed by atoms with E-state index in [-0.39, 0.29) is 0 Å². The van der Waals surface area contributed by atoms with Crippen LogP contribution in [0.4, 0.5) is 0 Å². The highest BCUT2D eigenvalue weighted by atomic mass is 15.1. The van der Waals surface area contributed by atoms with Gasteiger partial charge in [0.15, 0.2) is 5.65 Å². The van der Waals surface area contributed by atoms with Crippen LogP contribution >= 0.6 is 0 Å². The summed E-state index contributed by atoms with van der Waals surface area (Å²) in [5, 5.41) is 8.11. The third-order valence-electron chi connectivity index (χ3n) is 1.99. The average molecular weight is 158 g/mol. The Labute approximate surface area is 67.6 Å². The molecule has 4 nitrogen and oxygen atoms in total. The molecule has 0 amide bonds. The fourth-order valence-electron chi connectivity index (χ4n) is 1.41. The van der Waals surface area contributed by atoms with Gasteiger partial charge in [0.2, 0.25) is 0 Å². The average Bonchev–Trinajstić information content (AvgIpc) is 2.71. The number of pyridine rings is 1. The molecule has 4 heteroatoms. The van der Waals surface area contributed by atoms with Gasteiger partial charge in [-0.1, -0.05) is 0 Å². The van der Waals surface area contributed by atoms with Crippen molar-refractivity contribution in [1.29, 1.82) is 0 Å². The monoisotopic (exact) mass is 158 g/mol. The Kier molecular flexibility index (Phi) is 0.889. The normalized spacial score (nSPS) is 11.3. The van der Waals surface area contributed by atoms with Crippen molar-refractivity contribution >= 4 is 21.9 Å². The van der Waals surface area contributed by atoms with Crippen molar-refractivity contribution in [3.05, 3.63) is 24.7 Å². The molecule has 12 heavy (non-hydrogen) atoms. The lowest BCUT2D eigenvalue weighted by Crippen LogP contribution is -1.76. The molecule has 3 heterocycles. The summed E-state index contributed by atoms with van der Waals surface area (Å²) in [5.74, 6) is 0. The maximum Gasteiger partial charge on any atom is 0.161 e. The number of rotatable bonds is 0. The molecule has 3 aromatic rings. The summed E-state index contributed by atoms with van der Waals surface area (Å²) in [4.78, 5) is 8.29. The van der Waals surface area contributed by atoms with Gasteiger partial charge in [-0.15, -0.1) is 0 Å². The molecule has 58 valence electrons. The van der Waals surface area contributed by atoms with Crippen molar-refractivity contribution in [3.8, 4) is 0 Å². The number of aromatic amines is 2. The Hall–Kier alpha value is -1.84. The fraction of sp³-hybridized carbons (Fsp3) is 0. The first-order valence-corrected chi connectivity index (χ1v) is 3.70. The molecule has 0 aliphatic heterocycles. The van der Waals surface area contributed by atoms with Crippen molar-refractivity contribution in [2.45, 2.75) is 0 Å². The zero-order valence-corrected chi connectivity index (χ0v) is 6.20. The van der Waals surface area contributed by atoms with Crippen LogP contribution in [0.25, 0.3) is 21.9 Å². The molecular weight excluding hydrogens is 152 g/mol. The van der Waals surface area contributed by atoms with Crippen molar-refractivity contribution in [1.82, 2.24) is 20.2 Å². The highest BCUT2D eigenvalue weighted by Crippen LogP contribution is 2.19. The van der Waals surface area contributed by atoms with E-state index in [1.54, 1.807) is 12.4 Å². The van der Waals surface area contributed by atoms with Gasteiger partial charge < -0.3 is 5.10 Å². The van der Waals surface area contributed by atoms with Gasteiger partial charge in [-0.05, 0) is 6.07 Å². The molecule has 3 aromatic heterocycles. The summed E-state index contributed by atoms with van der Waals surface area (Å²) >= 11 is 0. The summed E-state index contributed by atoms with van der Waals surface area (Å²) in [6, 6.07) is 1.95. The molecule has 0 aliphatic rings. The van der Waals surface area contributed by atoms with Crippen molar-refractivity contribution < 1.29 is 0 Å². The van der Waals surface area contributed by atoms with E-state index in [0.717, 1.165) is 21.9 Å². The number of H-pyrrole nitrogens is 2. The quantitative estimate of drug-likeness (QED) is 0.520. The fourth-order valence-corrected chi connectivity index (χ4v) is 1.41. The summed E-state index contributed by atoms with van der Waals surface area (Å²) in [6.45, 7) is 0. The van der Waals surface area contributed by atoms with Gasteiger partial charge in [0.05, 0.1) is 5.52 Å². The molecule has 0 unspecified atom stereocenters. The predicted molar refractivity (Wildman–Crippen MR) is 45.7 cm³/mol. The minimum absolute atomic E-state index is 0.790. The Morgan fingerprint density at radius 1 is 1.25 bits per heavy atom. The summed E-state index contributed by atoms with van der Waals surface area (Å²) in [7, 11) is 0. The highest BCUT2D eigenvalue weighted by molar-refractivity contribution is 6.01. The van der Waals surface area contributed by atoms with E-state index in [2.05, 4.69) is 20.2 Å². The molecule has 0 atom stereocenters. The summed E-state index contributed by atoms with van der Waals surface area (Å²) in [5.41, 5.74) is 1.86. The largest absolute Gasteiger partial charge is 0.307 e. The SMILES string of the molecule is c1cc2c(n1)ncc1c[nH][nH]c12. The highest BCUT2D eigenvalue weighted by Gasteiger charge is 2.02. The van der Waals surface area contributed by atoms with Crippen LogP contribution in [-0.4, -0.2) is 20.2 Å². The number of aromatic nitrogens is 4. The lowest BCUT2D eigenvalue weighted by atomic mass is 10.2. The molecule has 3 rings (SSSR count). The van der Waals surface area contributed by atoms with Crippen LogP contribution < -0.4 is 0 Å². The van der Waals surface area contributed by atoms with Crippen LogP contribution in [0.3, 0.4) is 0 Å². The van der Waals surface area contributed by atoms with E-state index in [9.17, 15) is 0 Å². The van der Waals surface area contributed by atoms with Crippen LogP contribution in [0.1, 0.15) is 0 Å². The standard InChI is InChI=1S/C8H6N4/c1-2-9-8-6(1)7-5(3-10-8)4-11-12-7/h1-4,11-12H. The topological polar surface area (TPSA) is 57.4 Å². The second-order valence-corrected chi connectivity index (χ2v) is 2.68. The first-order valence-electron chi connectivity index (χ1n) is 3.70. The molecule has 0 bridgehead atoms. The van der Waals surface area contributed by atoms with E-state index < -0.39 is 0 Å².